The Morgan fingerprint density at radius 3 is 2.61 bits per heavy atom. The van der Waals surface area contributed by atoms with Crippen molar-refractivity contribution in [2.75, 3.05) is 5.73 Å². The van der Waals surface area contributed by atoms with Crippen LogP contribution in [0.15, 0.2) is 59.8 Å². The van der Waals surface area contributed by atoms with Crippen LogP contribution in [-0.4, -0.2) is 21.0 Å². The van der Waals surface area contributed by atoms with Gasteiger partial charge in [0, 0.05) is 0 Å². The van der Waals surface area contributed by atoms with E-state index >= 15 is 0 Å². The van der Waals surface area contributed by atoms with E-state index in [9.17, 15) is 5.11 Å². The van der Waals surface area contributed by atoms with Crippen molar-refractivity contribution in [3.8, 4) is 11.1 Å². The Labute approximate surface area is 134 Å². The average molecular weight is 306 g/mol. The van der Waals surface area contributed by atoms with Crippen LogP contribution in [0.5, 0.6) is 0 Å². The van der Waals surface area contributed by atoms with Crippen LogP contribution in [0.1, 0.15) is 16.8 Å². The summed E-state index contributed by atoms with van der Waals surface area (Å²) < 4.78 is 1.55. The highest BCUT2D eigenvalue weighted by molar-refractivity contribution is 5.81. The van der Waals surface area contributed by atoms with Gasteiger partial charge in [-0.25, -0.2) is 9.66 Å². The van der Waals surface area contributed by atoms with E-state index in [1.54, 1.807) is 17.1 Å². The summed E-state index contributed by atoms with van der Waals surface area (Å²) in [5.74, 6) is 0.371. The zero-order chi connectivity index (χ0) is 16.2. The van der Waals surface area contributed by atoms with Crippen molar-refractivity contribution in [3.63, 3.8) is 0 Å². The number of hydrogen-bond donors (Lipinski definition) is 2. The fourth-order valence-corrected chi connectivity index (χ4v) is 2.34. The summed E-state index contributed by atoms with van der Waals surface area (Å²) in [7, 11) is 0. The first-order chi connectivity index (χ1) is 11.2. The lowest BCUT2D eigenvalue weighted by Gasteiger charge is -2.04. The third-order valence-corrected chi connectivity index (χ3v) is 3.52. The van der Waals surface area contributed by atoms with Gasteiger partial charge in [0.1, 0.15) is 0 Å². The average Bonchev–Trinajstić information content (AvgIpc) is 2.91. The monoisotopic (exact) mass is 306 g/mol. The van der Waals surface area contributed by atoms with Crippen molar-refractivity contribution in [1.29, 1.82) is 0 Å². The topological polar surface area (TPSA) is 76.4 Å². The molecule has 0 radical (unpaired) electrons. The number of rotatable bonds is 4. The van der Waals surface area contributed by atoms with Crippen LogP contribution in [0.3, 0.4) is 0 Å². The summed E-state index contributed by atoms with van der Waals surface area (Å²) in [6.07, 6.45) is 3.52. The Morgan fingerprint density at radius 1 is 1.17 bits per heavy atom. The molecule has 3 rings (SSSR count). The van der Waals surface area contributed by atoms with E-state index in [4.69, 9.17) is 5.73 Å². The van der Waals surface area contributed by atoms with Crippen molar-refractivity contribution in [1.82, 2.24) is 9.66 Å². The summed E-state index contributed by atoms with van der Waals surface area (Å²) in [5.41, 5.74) is 10.6. The van der Waals surface area contributed by atoms with Crippen molar-refractivity contribution in [2.45, 2.75) is 13.5 Å². The lowest BCUT2D eigenvalue weighted by molar-refractivity contribution is 0.282. The SMILES string of the molecule is Cc1cn(N=Cc2ccc(-c3cccc(CO)c3)cc2)c(N)n1. The van der Waals surface area contributed by atoms with Gasteiger partial charge in [-0.05, 0) is 35.2 Å². The highest BCUT2D eigenvalue weighted by Crippen LogP contribution is 2.20. The molecule has 0 aliphatic rings. The number of nitrogens with two attached hydrogens (primary N) is 1. The van der Waals surface area contributed by atoms with Gasteiger partial charge in [0.2, 0.25) is 5.95 Å². The summed E-state index contributed by atoms with van der Waals surface area (Å²) in [6, 6.07) is 15.9. The Morgan fingerprint density at radius 2 is 1.96 bits per heavy atom. The largest absolute Gasteiger partial charge is 0.392 e. The molecule has 1 aromatic heterocycles. The van der Waals surface area contributed by atoms with E-state index in [0.29, 0.717) is 5.95 Å². The third-order valence-electron chi connectivity index (χ3n) is 3.52. The molecule has 1 heterocycles. The normalized spacial score (nSPS) is 11.2. The van der Waals surface area contributed by atoms with E-state index in [1.807, 2.05) is 55.5 Å². The minimum absolute atomic E-state index is 0.0460. The van der Waals surface area contributed by atoms with Gasteiger partial charge in [0.15, 0.2) is 0 Å². The van der Waals surface area contributed by atoms with Crippen LogP contribution in [0.25, 0.3) is 11.1 Å². The first kappa shape index (κ1) is 15.0. The number of anilines is 1. The minimum Gasteiger partial charge on any atom is -0.392 e. The molecule has 0 atom stereocenters. The second-order valence-electron chi connectivity index (χ2n) is 5.31. The number of aromatic nitrogens is 2. The van der Waals surface area contributed by atoms with Gasteiger partial charge in [-0.15, -0.1) is 0 Å². The van der Waals surface area contributed by atoms with Gasteiger partial charge in [-0.3, -0.25) is 0 Å². The molecule has 0 saturated heterocycles. The molecule has 0 amide bonds. The number of aliphatic hydroxyl groups excluding tert-OH is 1. The second-order valence-corrected chi connectivity index (χ2v) is 5.31. The lowest BCUT2D eigenvalue weighted by atomic mass is 10.0. The zero-order valence-electron chi connectivity index (χ0n) is 12.8. The van der Waals surface area contributed by atoms with Crippen LogP contribution >= 0.6 is 0 Å². The smallest absolute Gasteiger partial charge is 0.221 e. The van der Waals surface area contributed by atoms with Gasteiger partial charge in [-0.1, -0.05) is 42.5 Å². The third kappa shape index (κ3) is 3.46. The Bertz CT molecular complexity index is 834. The summed E-state index contributed by atoms with van der Waals surface area (Å²) in [4.78, 5) is 4.10. The first-order valence-corrected chi connectivity index (χ1v) is 7.32. The Hall–Kier alpha value is -2.92. The number of imidazole rings is 1. The predicted molar refractivity (Wildman–Crippen MR) is 92.2 cm³/mol. The minimum atomic E-state index is 0.0460. The summed E-state index contributed by atoms with van der Waals surface area (Å²) in [6.45, 7) is 1.92. The zero-order valence-corrected chi connectivity index (χ0v) is 12.8. The van der Waals surface area contributed by atoms with Crippen molar-refractivity contribution >= 4 is 12.2 Å². The molecule has 116 valence electrons. The van der Waals surface area contributed by atoms with Gasteiger partial charge in [0.25, 0.3) is 0 Å². The second kappa shape index (κ2) is 6.46. The van der Waals surface area contributed by atoms with E-state index < -0.39 is 0 Å². The van der Waals surface area contributed by atoms with Gasteiger partial charge < -0.3 is 10.8 Å². The van der Waals surface area contributed by atoms with Crippen LogP contribution < -0.4 is 5.73 Å². The number of nitrogen functional groups attached to an aromatic ring is 1. The number of nitrogens with zero attached hydrogens (tertiary/aromatic N) is 3. The lowest BCUT2D eigenvalue weighted by Crippen LogP contribution is -1.96. The molecule has 5 nitrogen and oxygen atoms in total. The van der Waals surface area contributed by atoms with Crippen molar-refractivity contribution in [3.05, 3.63) is 71.5 Å². The van der Waals surface area contributed by atoms with Crippen molar-refractivity contribution < 1.29 is 5.11 Å². The molecular formula is C18H18N4O. The van der Waals surface area contributed by atoms with Gasteiger partial charge >= 0.3 is 0 Å². The van der Waals surface area contributed by atoms with E-state index in [1.165, 1.54) is 0 Å². The van der Waals surface area contributed by atoms with E-state index in [-0.39, 0.29) is 6.61 Å². The predicted octanol–water partition coefficient (Wildman–Crippen LogP) is 2.82. The highest BCUT2D eigenvalue weighted by atomic mass is 16.3. The summed E-state index contributed by atoms with van der Waals surface area (Å²) in [5, 5.41) is 13.5. The fraction of sp³-hybridized carbons (Fsp3) is 0.111. The molecule has 2 aromatic carbocycles. The molecule has 0 aliphatic heterocycles. The molecular weight excluding hydrogens is 288 g/mol. The number of aryl methyl sites for hydroxylation is 1. The maximum Gasteiger partial charge on any atom is 0.221 e. The maximum atomic E-state index is 9.22. The Kier molecular flexibility index (Phi) is 4.21. The first-order valence-electron chi connectivity index (χ1n) is 7.32. The molecule has 0 spiro atoms. The molecule has 0 aliphatic carbocycles. The van der Waals surface area contributed by atoms with Gasteiger partial charge in [0.05, 0.1) is 24.7 Å². The molecule has 3 N–H and O–H groups in total. The molecule has 0 unspecified atom stereocenters. The maximum absolute atomic E-state index is 9.22. The molecule has 0 bridgehead atoms. The highest BCUT2D eigenvalue weighted by Gasteiger charge is 2.00. The fourth-order valence-electron chi connectivity index (χ4n) is 2.34. The van der Waals surface area contributed by atoms with Crippen molar-refractivity contribution in [2.24, 2.45) is 5.10 Å². The van der Waals surface area contributed by atoms with E-state index in [2.05, 4.69) is 10.1 Å². The quantitative estimate of drug-likeness (QED) is 0.728. The van der Waals surface area contributed by atoms with Gasteiger partial charge in [-0.2, -0.15) is 5.10 Å². The molecule has 0 fully saturated rings. The van der Waals surface area contributed by atoms with Crippen LogP contribution in [0, 0.1) is 6.92 Å². The molecule has 3 aromatic rings. The Balaban J connectivity index is 1.80. The van der Waals surface area contributed by atoms with Crippen LogP contribution in [-0.2, 0) is 6.61 Å². The molecule has 23 heavy (non-hydrogen) atoms. The number of hydrogen-bond acceptors (Lipinski definition) is 4. The van der Waals surface area contributed by atoms with E-state index in [0.717, 1.165) is 27.9 Å². The van der Waals surface area contributed by atoms with Crippen LogP contribution in [0.2, 0.25) is 0 Å². The standard InChI is InChI=1S/C18H18N4O/c1-13-11-22(18(19)21-13)20-10-14-5-7-16(8-6-14)17-4-2-3-15(9-17)12-23/h2-11,23H,12H2,1H3,(H2,19,21). The molecule has 5 heteroatoms. The molecule has 0 saturated carbocycles. The number of benzene rings is 2. The summed E-state index contributed by atoms with van der Waals surface area (Å²) >= 11 is 0. The van der Waals surface area contributed by atoms with Crippen LogP contribution in [0.4, 0.5) is 5.95 Å². The number of aliphatic hydroxyl groups is 1.